The van der Waals surface area contributed by atoms with E-state index in [1.807, 2.05) is 84.9 Å². The second-order valence-corrected chi connectivity index (χ2v) is 25.3. The topological polar surface area (TPSA) is 131 Å². The Bertz CT molecular complexity index is 1640. The lowest BCUT2D eigenvalue weighted by Gasteiger charge is -2.51. The van der Waals surface area contributed by atoms with Crippen LogP contribution in [0.2, 0.25) is 39.3 Å². The molecule has 0 aliphatic carbocycles. The highest BCUT2D eigenvalue weighted by Gasteiger charge is 2.54. The van der Waals surface area contributed by atoms with E-state index in [1.165, 1.54) is 7.11 Å². The van der Waals surface area contributed by atoms with Crippen molar-refractivity contribution in [1.82, 2.24) is 0 Å². The molecular weight excluding hydrogens is 769 g/mol. The Hall–Kier alpha value is -2.59. The van der Waals surface area contributed by atoms with Crippen LogP contribution in [0.5, 0.6) is 5.75 Å². The predicted octanol–water partition coefficient (Wildman–Crippen LogP) is 6.34. The molecule has 0 radical (unpaired) electrons. The van der Waals surface area contributed by atoms with Gasteiger partial charge in [0.25, 0.3) is 0 Å². The molecule has 2 unspecified atom stereocenters. The van der Waals surface area contributed by atoms with Gasteiger partial charge in [-0.05, 0) is 57.0 Å². The fraction of sp³-hybridized carbons (Fsp3) is 0.571. The number of aliphatic hydroxyl groups excluding tert-OH is 1. The van der Waals surface area contributed by atoms with Crippen molar-refractivity contribution in [3.05, 3.63) is 102 Å². The molecule has 4 aliphatic rings. The van der Waals surface area contributed by atoms with E-state index in [-0.39, 0.29) is 24.4 Å². The molecule has 1 N–H and O–H groups in total. The molecule has 314 valence electrons. The minimum absolute atomic E-state index is 0.257. The summed E-state index contributed by atoms with van der Waals surface area (Å²) >= 11 is 0. The maximum absolute atomic E-state index is 10.8. The van der Waals surface area contributed by atoms with Crippen molar-refractivity contribution in [1.29, 1.82) is 0 Å². The summed E-state index contributed by atoms with van der Waals surface area (Å²) in [5, 5.41) is 10.8. The standard InChI is InChI=1S/C22H26O7.C20H34O6Si2/c1-24-16-10-8-14(9-11-16)12-26-20-18(23)22(25-2)28-17-13-27-21(29-19(17)20)15-6-4-3-5-7-15;1-21-20-18(26-28(5,6)7)17(25-27(2,3)4)16-15(23-20)13-22-19(24-16)14-11-9-8-10-12-14/h3-11,17-23H,12-13H2,1-2H3;8-12,15-20H,13H2,1-7H3/t17-,18-,19-,20-,21?,22+;15-,16-,17+,18-,19?,20+/m11/s1. The average molecular weight is 829 g/mol. The zero-order valence-electron chi connectivity index (χ0n) is 34.5. The van der Waals surface area contributed by atoms with Crippen LogP contribution in [-0.4, -0.2) is 118 Å². The molecule has 0 saturated carbocycles. The Kier molecular flexibility index (Phi) is 15.2. The summed E-state index contributed by atoms with van der Waals surface area (Å²) in [6, 6.07) is 27.2. The van der Waals surface area contributed by atoms with Crippen LogP contribution in [0.1, 0.15) is 29.3 Å². The normalized spacial score (nSPS) is 32.9. The van der Waals surface area contributed by atoms with Gasteiger partial charge in [0.15, 0.2) is 41.8 Å². The van der Waals surface area contributed by atoms with Gasteiger partial charge in [0, 0.05) is 25.3 Å². The molecule has 0 aromatic heterocycles. The van der Waals surface area contributed by atoms with Gasteiger partial charge >= 0.3 is 0 Å². The first-order valence-electron chi connectivity index (χ1n) is 19.6. The van der Waals surface area contributed by atoms with Crippen LogP contribution in [0, 0.1) is 0 Å². The highest BCUT2D eigenvalue weighted by molar-refractivity contribution is 6.70. The molecule has 0 spiro atoms. The number of benzene rings is 3. The van der Waals surface area contributed by atoms with E-state index in [4.69, 9.17) is 56.2 Å². The van der Waals surface area contributed by atoms with Crippen molar-refractivity contribution in [2.24, 2.45) is 0 Å². The second kappa shape index (κ2) is 19.7. The van der Waals surface area contributed by atoms with Crippen LogP contribution in [0.15, 0.2) is 84.9 Å². The second-order valence-electron chi connectivity index (χ2n) is 16.4. The number of fused-ring (bicyclic) bond motifs is 2. The van der Waals surface area contributed by atoms with Gasteiger partial charge < -0.3 is 61.3 Å². The molecule has 7 rings (SSSR count). The van der Waals surface area contributed by atoms with Gasteiger partial charge in [-0.25, -0.2) is 0 Å². The highest BCUT2D eigenvalue weighted by Crippen LogP contribution is 2.39. The molecule has 12 atom stereocenters. The number of aliphatic hydroxyl groups is 1. The maximum Gasteiger partial charge on any atom is 0.186 e. The smallest absolute Gasteiger partial charge is 0.186 e. The fourth-order valence-corrected chi connectivity index (χ4v) is 9.38. The predicted molar refractivity (Wildman–Crippen MR) is 215 cm³/mol. The third-order valence-electron chi connectivity index (χ3n) is 9.78. The first kappa shape index (κ1) is 44.0. The molecule has 0 amide bonds. The van der Waals surface area contributed by atoms with Crippen molar-refractivity contribution in [2.45, 2.75) is 120 Å². The van der Waals surface area contributed by atoms with Crippen molar-refractivity contribution >= 4 is 16.6 Å². The Labute approximate surface area is 338 Å². The first-order valence-corrected chi connectivity index (χ1v) is 26.4. The Morgan fingerprint density at radius 1 is 0.579 bits per heavy atom. The zero-order chi connectivity index (χ0) is 40.7. The third-order valence-corrected chi connectivity index (χ3v) is 11.7. The number of rotatable bonds is 12. The van der Waals surface area contributed by atoms with Gasteiger partial charge in [0.05, 0.1) is 26.9 Å². The lowest BCUT2D eigenvalue weighted by Crippen LogP contribution is -2.66. The summed E-state index contributed by atoms with van der Waals surface area (Å²) in [6.45, 7) is 14.1. The lowest BCUT2D eigenvalue weighted by molar-refractivity contribution is -0.363. The van der Waals surface area contributed by atoms with Gasteiger partial charge in [-0.3, -0.25) is 0 Å². The van der Waals surface area contributed by atoms with Crippen molar-refractivity contribution in [3.8, 4) is 5.75 Å². The molecule has 13 nitrogen and oxygen atoms in total. The molecule has 15 heteroatoms. The summed E-state index contributed by atoms with van der Waals surface area (Å²) in [5.74, 6) is 0.776. The summed E-state index contributed by atoms with van der Waals surface area (Å²) < 4.78 is 71.8. The average Bonchev–Trinajstić information content (AvgIpc) is 3.21. The molecule has 4 fully saturated rings. The number of ether oxygens (including phenoxy) is 10. The summed E-state index contributed by atoms with van der Waals surface area (Å²) in [5.41, 5.74) is 2.86. The van der Waals surface area contributed by atoms with Crippen LogP contribution in [0.25, 0.3) is 0 Å². The minimum atomic E-state index is -1.88. The summed E-state index contributed by atoms with van der Waals surface area (Å²) in [6.07, 6.45) is -5.94. The molecule has 0 bridgehead atoms. The number of hydrogen-bond acceptors (Lipinski definition) is 13. The zero-order valence-corrected chi connectivity index (χ0v) is 36.5. The summed E-state index contributed by atoms with van der Waals surface area (Å²) in [4.78, 5) is 0. The van der Waals surface area contributed by atoms with Gasteiger partial charge in [0.1, 0.15) is 54.6 Å². The monoisotopic (exact) mass is 828 g/mol. The molecular formula is C42H60O13Si2. The van der Waals surface area contributed by atoms with Crippen molar-refractivity contribution < 1.29 is 61.3 Å². The molecule has 4 aliphatic heterocycles. The van der Waals surface area contributed by atoms with Gasteiger partial charge in [-0.15, -0.1) is 0 Å². The fourth-order valence-electron chi connectivity index (χ4n) is 7.23. The van der Waals surface area contributed by atoms with Crippen molar-refractivity contribution in [3.63, 3.8) is 0 Å². The SMILES string of the molecule is CO[C@H]1O[C@@H]2COC(c3ccccc3)O[C@H]2[C@H](O[Si](C)(C)C)[C@H]1O[Si](C)(C)C.COc1ccc(CO[C@@H]2[C@@H](O)[C@@H](OC)O[C@@H]3COC(c4ccccc4)O[C@@H]23)cc1. The van der Waals surface area contributed by atoms with E-state index >= 15 is 0 Å². The largest absolute Gasteiger partial charge is 0.497 e. The quantitative estimate of drug-likeness (QED) is 0.204. The lowest BCUT2D eigenvalue weighted by atomic mass is 9.97. The number of methoxy groups -OCH3 is 3. The van der Waals surface area contributed by atoms with Crippen LogP contribution in [0.4, 0.5) is 0 Å². The van der Waals surface area contributed by atoms with Crippen LogP contribution in [-0.2, 0) is 58.1 Å². The Balaban J connectivity index is 0.000000193. The third kappa shape index (κ3) is 11.6. The first-order chi connectivity index (χ1) is 27.3. The van der Waals surface area contributed by atoms with Crippen LogP contribution >= 0.6 is 0 Å². The summed E-state index contributed by atoms with van der Waals surface area (Å²) in [7, 11) is 1.02. The van der Waals surface area contributed by atoms with E-state index in [0.717, 1.165) is 22.4 Å². The van der Waals surface area contributed by atoms with E-state index in [1.54, 1.807) is 14.2 Å². The molecule has 4 heterocycles. The van der Waals surface area contributed by atoms with Crippen molar-refractivity contribution in [2.75, 3.05) is 34.5 Å². The maximum atomic E-state index is 10.8. The van der Waals surface area contributed by atoms with Crippen LogP contribution < -0.4 is 4.74 Å². The van der Waals surface area contributed by atoms with Crippen LogP contribution in [0.3, 0.4) is 0 Å². The van der Waals surface area contributed by atoms with E-state index in [9.17, 15) is 5.11 Å². The molecule has 3 aromatic rings. The molecule has 3 aromatic carbocycles. The van der Waals surface area contributed by atoms with E-state index in [2.05, 4.69) is 39.3 Å². The Morgan fingerprint density at radius 2 is 1.05 bits per heavy atom. The highest BCUT2D eigenvalue weighted by atomic mass is 28.4. The van der Waals surface area contributed by atoms with E-state index in [0.29, 0.717) is 19.8 Å². The van der Waals surface area contributed by atoms with Gasteiger partial charge in [-0.2, -0.15) is 0 Å². The molecule has 57 heavy (non-hydrogen) atoms. The van der Waals surface area contributed by atoms with E-state index < -0.39 is 66.2 Å². The minimum Gasteiger partial charge on any atom is -0.497 e. The molecule has 4 saturated heterocycles. The Morgan fingerprint density at radius 3 is 1.53 bits per heavy atom. The number of hydrogen-bond donors (Lipinski definition) is 1. The van der Waals surface area contributed by atoms with Gasteiger partial charge in [0.2, 0.25) is 0 Å². The van der Waals surface area contributed by atoms with Gasteiger partial charge in [-0.1, -0.05) is 72.8 Å².